The Bertz CT molecular complexity index is 779. The van der Waals surface area contributed by atoms with Crippen molar-refractivity contribution >= 4 is 34.6 Å². The number of halogens is 2. The van der Waals surface area contributed by atoms with E-state index in [-0.39, 0.29) is 13.3 Å². The molecule has 0 atom stereocenters. The lowest BCUT2D eigenvalue weighted by Gasteiger charge is -2.24. The fourth-order valence-electron chi connectivity index (χ4n) is 2.52. The van der Waals surface area contributed by atoms with Crippen LogP contribution in [0.1, 0.15) is 23.6 Å². The smallest absolute Gasteiger partial charge is 0.178 e. The topological polar surface area (TPSA) is 52.5 Å². The summed E-state index contributed by atoms with van der Waals surface area (Å²) >= 11 is 12.1. The fraction of sp³-hybridized carbons (Fsp3) is 0.316. The highest BCUT2D eigenvalue weighted by molar-refractivity contribution is 6.35. The monoisotopic (exact) mass is 412 g/mol. The Labute approximate surface area is 169 Å². The molecule has 0 fully saturated rings. The van der Waals surface area contributed by atoms with Crippen molar-refractivity contribution in [3.8, 4) is 0 Å². The van der Waals surface area contributed by atoms with Gasteiger partial charge in [0.2, 0.25) is 0 Å². The zero-order chi connectivity index (χ0) is 19.8. The molecule has 146 valence electrons. The third kappa shape index (κ3) is 6.09. The molecule has 0 heterocycles. The summed E-state index contributed by atoms with van der Waals surface area (Å²) in [6.07, 6.45) is 0. The Balaban J connectivity index is 2.16. The molecule has 0 aliphatic rings. The third-order valence-corrected chi connectivity index (χ3v) is 4.22. The van der Waals surface area contributed by atoms with Gasteiger partial charge in [-0.15, -0.1) is 0 Å². The highest BCUT2D eigenvalue weighted by Crippen LogP contribution is 2.26. The van der Waals surface area contributed by atoms with Crippen LogP contribution in [0.5, 0.6) is 0 Å². The van der Waals surface area contributed by atoms with E-state index in [0.29, 0.717) is 15.8 Å². The zero-order valence-corrected chi connectivity index (χ0v) is 17.2. The summed E-state index contributed by atoms with van der Waals surface area (Å²) in [4.78, 5) is 20.6. The SMILES string of the molecule is COOCN(OC)c1c(C)cccc1CON=C(C)c1cc(Cl)cc(Cl)c1. The number of benzene rings is 2. The summed E-state index contributed by atoms with van der Waals surface area (Å²) in [5, 5.41) is 6.84. The van der Waals surface area contributed by atoms with Crippen molar-refractivity contribution in [2.75, 3.05) is 26.0 Å². The summed E-state index contributed by atoms with van der Waals surface area (Å²) in [6, 6.07) is 11.1. The van der Waals surface area contributed by atoms with E-state index in [4.69, 9.17) is 37.8 Å². The molecule has 0 unspecified atom stereocenters. The third-order valence-electron chi connectivity index (χ3n) is 3.78. The number of hydrogen-bond donors (Lipinski definition) is 0. The fourth-order valence-corrected chi connectivity index (χ4v) is 3.04. The molecular formula is C19H22Cl2N2O4. The van der Waals surface area contributed by atoms with Gasteiger partial charge in [-0.05, 0) is 37.6 Å². The van der Waals surface area contributed by atoms with E-state index >= 15 is 0 Å². The van der Waals surface area contributed by atoms with Gasteiger partial charge < -0.3 is 4.84 Å². The molecule has 8 heteroatoms. The number of hydrogen-bond acceptors (Lipinski definition) is 6. The van der Waals surface area contributed by atoms with E-state index in [1.54, 1.807) is 30.4 Å². The van der Waals surface area contributed by atoms with Crippen LogP contribution in [0.15, 0.2) is 41.6 Å². The Hall–Kier alpha value is -1.83. The number of anilines is 1. The van der Waals surface area contributed by atoms with Gasteiger partial charge in [0.1, 0.15) is 6.61 Å². The second kappa shape index (κ2) is 10.5. The highest BCUT2D eigenvalue weighted by atomic mass is 35.5. The molecule has 0 radical (unpaired) electrons. The zero-order valence-electron chi connectivity index (χ0n) is 15.7. The second-order valence-corrected chi connectivity index (χ2v) is 6.54. The summed E-state index contributed by atoms with van der Waals surface area (Å²) in [5.41, 5.74) is 4.18. The molecule has 0 spiro atoms. The Morgan fingerprint density at radius 1 is 1.11 bits per heavy atom. The lowest BCUT2D eigenvalue weighted by atomic mass is 10.1. The quantitative estimate of drug-likeness (QED) is 0.246. The first-order chi connectivity index (χ1) is 13.0. The molecule has 0 N–H and O–H groups in total. The molecule has 2 aromatic carbocycles. The maximum absolute atomic E-state index is 6.03. The molecule has 0 saturated carbocycles. The summed E-state index contributed by atoms with van der Waals surface area (Å²) in [6.45, 7) is 4.15. The van der Waals surface area contributed by atoms with Crippen LogP contribution < -0.4 is 5.06 Å². The number of hydroxylamine groups is 1. The van der Waals surface area contributed by atoms with Gasteiger partial charge in [-0.2, -0.15) is 0 Å². The number of oxime groups is 1. The summed E-state index contributed by atoms with van der Waals surface area (Å²) < 4.78 is 0. The van der Waals surface area contributed by atoms with Crippen LogP contribution in [0.2, 0.25) is 10.0 Å². The minimum absolute atomic E-state index is 0.105. The first-order valence-electron chi connectivity index (χ1n) is 8.15. The van der Waals surface area contributed by atoms with Crippen molar-refractivity contribution < 1.29 is 19.5 Å². The highest BCUT2D eigenvalue weighted by Gasteiger charge is 2.15. The van der Waals surface area contributed by atoms with E-state index in [0.717, 1.165) is 22.4 Å². The van der Waals surface area contributed by atoms with Gasteiger partial charge in [0.15, 0.2) is 6.73 Å². The van der Waals surface area contributed by atoms with Gasteiger partial charge in [-0.3, -0.25) is 4.84 Å². The van der Waals surface area contributed by atoms with Crippen LogP contribution in [-0.4, -0.2) is 26.7 Å². The predicted molar refractivity (Wildman–Crippen MR) is 107 cm³/mol. The van der Waals surface area contributed by atoms with Crippen LogP contribution >= 0.6 is 23.2 Å². The van der Waals surface area contributed by atoms with Crippen molar-refractivity contribution in [3.05, 3.63) is 63.1 Å². The van der Waals surface area contributed by atoms with Gasteiger partial charge in [0.05, 0.1) is 25.6 Å². The molecule has 0 aliphatic carbocycles. The predicted octanol–water partition coefficient (Wildman–Crippen LogP) is 5.15. The van der Waals surface area contributed by atoms with Crippen LogP contribution in [0.25, 0.3) is 0 Å². The van der Waals surface area contributed by atoms with Crippen molar-refractivity contribution in [1.82, 2.24) is 0 Å². The number of nitrogens with zero attached hydrogens (tertiary/aromatic N) is 2. The van der Waals surface area contributed by atoms with Crippen LogP contribution in [0.3, 0.4) is 0 Å². The molecule has 6 nitrogen and oxygen atoms in total. The number of rotatable bonds is 9. The molecule has 2 rings (SSSR count). The van der Waals surface area contributed by atoms with Crippen molar-refractivity contribution in [1.29, 1.82) is 0 Å². The van der Waals surface area contributed by atoms with Crippen LogP contribution in [-0.2, 0) is 26.1 Å². The molecule has 0 aliphatic heterocycles. The Morgan fingerprint density at radius 3 is 2.44 bits per heavy atom. The normalized spacial score (nSPS) is 11.6. The Kier molecular flexibility index (Phi) is 8.34. The summed E-state index contributed by atoms with van der Waals surface area (Å²) in [5.74, 6) is 0. The van der Waals surface area contributed by atoms with Crippen LogP contribution in [0.4, 0.5) is 5.69 Å². The van der Waals surface area contributed by atoms with Gasteiger partial charge in [0.25, 0.3) is 0 Å². The maximum atomic E-state index is 6.03. The average molecular weight is 413 g/mol. The molecule has 0 bridgehead atoms. The van der Waals surface area contributed by atoms with E-state index in [1.807, 2.05) is 32.0 Å². The largest absolute Gasteiger partial charge is 0.391 e. The Morgan fingerprint density at radius 2 is 1.81 bits per heavy atom. The minimum Gasteiger partial charge on any atom is -0.391 e. The van der Waals surface area contributed by atoms with Crippen LogP contribution in [0, 0.1) is 6.92 Å². The lowest BCUT2D eigenvalue weighted by molar-refractivity contribution is -0.280. The lowest BCUT2D eigenvalue weighted by Crippen LogP contribution is -2.26. The maximum Gasteiger partial charge on any atom is 0.178 e. The first-order valence-corrected chi connectivity index (χ1v) is 8.90. The van der Waals surface area contributed by atoms with Gasteiger partial charge >= 0.3 is 0 Å². The minimum atomic E-state index is 0.105. The summed E-state index contributed by atoms with van der Waals surface area (Å²) in [7, 11) is 3.00. The molecule has 2 aromatic rings. The standard InChI is InChI=1S/C19H22Cl2N2O4/c1-13-6-5-7-15(19(13)23(24-3)12-27-25-4)11-26-22-14(2)16-8-17(20)10-18(21)9-16/h5-10H,11-12H2,1-4H3. The number of para-hydroxylation sites is 1. The number of aryl methyl sites for hydroxylation is 1. The molecule has 27 heavy (non-hydrogen) atoms. The van der Waals surface area contributed by atoms with Crippen molar-refractivity contribution in [2.45, 2.75) is 20.5 Å². The molecular weight excluding hydrogens is 391 g/mol. The van der Waals surface area contributed by atoms with E-state index in [1.165, 1.54) is 7.11 Å². The van der Waals surface area contributed by atoms with Crippen molar-refractivity contribution in [3.63, 3.8) is 0 Å². The molecule has 0 amide bonds. The van der Waals surface area contributed by atoms with E-state index < -0.39 is 0 Å². The first kappa shape index (κ1) is 21.5. The molecule has 0 saturated heterocycles. The van der Waals surface area contributed by atoms with Gasteiger partial charge in [-0.1, -0.05) is 46.6 Å². The average Bonchev–Trinajstić information content (AvgIpc) is 2.63. The van der Waals surface area contributed by atoms with E-state index in [9.17, 15) is 0 Å². The second-order valence-electron chi connectivity index (χ2n) is 5.67. The van der Waals surface area contributed by atoms with Gasteiger partial charge in [-0.25, -0.2) is 14.8 Å². The van der Waals surface area contributed by atoms with Crippen molar-refractivity contribution in [2.24, 2.45) is 5.16 Å². The van der Waals surface area contributed by atoms with Gasteiger partial charge in [0, 0.05) is 21.2 Å². The van der Waals surface area contributed by atoms with E-state index in [2.05, 4.69) is 10.0 Å². The molecule has 0 aromatic heterocycles.